The Bertz CT molecular complexity index is 405. The third-order valence-corrected chi connectivity index (χ3v) is 2.16. The number of allylic oxidation sites excluding steroid dienone is 3. The van der Waals surface area contributed by atoms with Gasteiger partial charge in [0.2, 0.25) is 0 Å². The molecule has 2 rings (SSSR count). The smallest absolute Gasteiger partial charge is 0.412 e. The summed E-state index contributed by atoms with van der Waals surface area (Å²) in [5.41, 5.74) is 1.09. The molecule has 0 saturated heterocycles. The van der Waals surface area contributed by atoms with Gasteiger partial charge in [-0.15, -0.1) is 0 Å². The summed E-state index contributed by atoms with van der Waals surface area (Å²) in [6, 6.07) is -1.10. The van der Waals surface area contributed by atoms with Crippen LogP contribution in [0.3, 0.4) is 0 Å². The fourth-order valence-corrected chi connectivity index (χ4v) is 1.58. The van der Waals surface area contributed by atoms with E-state index in [0.717, 1.165) is 4.90 Å². The van der Waals surface area contributed by atoms with Gasteiger partial charge < -0.3 is 10.2 Å². The van der Waals surface area contributed by atoms with Crippen molar-refractivity contribution in [2.75, 3.05) is 0 Å². The number of fused-ring (bicyclic) bond motifs is 1. The van der Waals surface area contributed by atoms with Crippen LogP contribution in [0.4, 0.5) is 4.79 Å². The predicted molar refractivity (Wildman–Crippen MR) is 46.6 cm³/mol. The van der Waals surface area contributed by atoms with Crippen molar-refractivity contribution in [3.63, 3.8) is 0 Å². The predicted octanol–water partition coefficient (Wildman–Crippen LogP) is 0.813. The van der Waals surface area contributed by atoms with Crippen molar-refractivity contribution in [1.82, 2.24) is 4.90 Å². The highest BCUT2D eigenvalue weighted by Gasteiger charge is 2.37. The number of aliphatic carboxylic acids is 1. The van der Waals surface area contributed by atoms with Gasteiger partial charge in [-0.1, -0.05) is 12.2 Å². The van der Waals surface area contributed by atoms with E-state index in [1.807, 2.05) is 0 Å². The number of hydrogen-bond donors (Lipinski definition) is 2. The van der Waals surface area contributed by atoms with Crippen molar-refractivity contribution in [3.05, 3.63) is 35.6 Å². The standard InChI is InChI=1S/C9H7NO4/c11-8(12)7-4-5-2-1-3-6(5)10(7)9(13)14/h1-4,7H,(H,11,12)(H,13,14). The van der Waals surface area contributed by atoms with Crippen LogP contribution >= 0.6 is 0 Å². The maximum atomic E-state index is 10.8. The van der Waals surface area contributed by atoms with Gasteiger partial charge in [-0.05, 0) is 17.7 Å². The van der Waals surface area contributed by atoms with E-state index in [-0.39, 0.29) is 0 Å². The first-order chi connectivity index (χ1) is 6.61. The molecule has 0 radical (unpaired) electrons. The SMILES string of the molecule is O=C(O)C1C=C2C=CC=C2N1C(=O)O. The van der Waals surface area contributed by atoms with E-state index in [1.165, 1.54) is 6.08 Å². The lowest BCUT2D eigenvalue weighted by Crippen LogP contribution is -2.38. The molecular formula is C9H7NO4. The first-order valence-corrected chi connectivity index (χ1v) is 3.97. The molecule has 1 heterocycles. The molecule has 1 aliphatic carbocycles. The number of carbonyl (C=O) groups is 2. The lowest BCUT2D eigenvalue weighted by molar-refractivity contribution is -0.139. The molecule has 1 unspecified atom stereocenters. The molecule has 2 aliphatic rings. The molecule has 14 heavy (non-hydrogen) atoms. The summed E-state index contributed by atoms with van der Waals surface area (Å²) in [4.78, 5) is 22.4. The van der Waals surface area contributed by atoms with Crippen LogP contribution in [0, 0.1) is 0 Å². The maximum absolute atomic E-state index is 10.8. The molecule has 2 N–H and O–H groups in total. The van der Waals surface area contributed by atoms with Gasteiger partial charge in [0.05, 0.1) is 5.70 Å². The molecule has 1 amide bonds. The molecule has 0 saturated carbocycles. The van der Waals surface area contributed by atoms with Gasteiger partial charge >= 0.3 is 12.1 Å². The summed E-state index contributed by atoms with van der Waals surface area (Å²) >= 11 is 0. The first kappa shape index (κ1) is 8.55. The Morgan fingerprint density at radius 1 is 1.36 bits per heavy atom. The highest BCUT2D eigenvalue weighted by molar-refractivity contribution is 5.86. The summed E-state index contributed by atoms with van der Waals surface area (Å²) in [5, 5.41) is 17.6. The van der Waals surface area contributed by atoms with Crippen molar-refractivity contribution in [2.45, 2.75) is 6.04 Å². The van der Waals surface area contributed by atoms with Crippen molar-refractivity contribution in [3.8, 4) is 0 Å². The molecule has 0 aromatic heterocycles. The molecule has 0 aromatic rings. The average molecular weight is 193 g/mol. The number of rotatable bonds is 1. The summed E-state index contributed by atoms with van der Waals surface area (Å²) < 4.78 is 0. The Labute approximate surface area is 79.2 Å². The summed E-state index contributed by atoms with van der Waals surface area (Å²) in [5.74, 6) is -1.16. The van der Waals surface area contributed by atoms with Crippen molar-refractivity contribution < 1.29 is 19.8 Å². The molecule has 0 fully saturated rings. The summed E-state index contributed by atoms with van der Waals surface area (Å²) in [6.45, 7) is 0. The Balaban J connectivity index is 2.41. The summed E-state index contributed by atoms with van der Waals surface area (Å²) in [6.07, 6.45) is 5.14. The molecule has 5 nitrogen and oxygen atoms in total. The van der Waals surface area contributed by atoms with Gasteiger partial charge in [-0.3, -0.25) is 4.90 Å². The number of carboxylic acid groups (broad SMARTS) is 2. The third-order valence-electron chi connectivity index (χ3n) is 2.16. The van der Waals surface area contributed by atoms with Crippen molar-refractivity contribution in [1.29, 1.82) is 0 Å². The van der Waals surface area contributed by atoms with Crippen LogP contribution in [0.2, 0.25) is 0 Å². The molecule has 0 aromatic carbocycles. The number of amides is 1. The van der Waals surface area contributed by atoms with Gasteiger partial charge in [0.1, 0.15) is 0 Å². The minimum Gasteiger partial charge on any atom is -0.479 e. The number of carboxylic acids is 1. The highest BCUT2D eigenvalue weighted by atomic mass is 16.4. The van der Waals surface area contributed by atoms with Gasteiger partial charge in [0.15, 0.2) is 6.04 Å². The normalized spacial score (nSPS) is 23.1. The van der Waals surface area contributed by atoms with Crippen LogP contribution in [0.15, 0.2) is 35.6 Å². The monoisotopic (exact) mass is 193 g/mol. The molecule has 0 bridgehead atoms. The Morgan fingerprint density at radius 2 is 2.07 bits per heavy atom. The minimum atomic E-state index is -1.25. The molecule has 1 atom stereocenters. The van der Waals surface area contributed by atoms with Crippen molar-refractivity contribution >= 4 is 12.1 Å². The number of hydrogen-bond acceptors (Lipinski definition) is 2. The fourth-order valence-electron chi connectivity index (χ4n) is 1.58. The molecule has 0 spiro atoms. The zero-order chi connectivity index (χ0) is 10.3. The zero-order valence-corrected chi connectivity index (χ0v) is 7.04. The summed E-state index contributed by atoms with van der Waals surface area (Å²) in [7, 11) is 0. The van der Waals surface area contributed by atoms with Gasteiger partial charge in [0, 0.05) is 0 Å². The van der Waals surface area contributed by atoms with Gasteiger partial charge in [-0.2, -0.15) is 0 Å². The van der Waals surface area contributed by atoms with E-state index in [1.54, 1.807) is 18.2 Å². The fraction of sp³-hybridized carbons (Fsp3) is 0.111. The van der Waals surface area contributed by atoms with Crippen LogP contribution < -0.4 is 0 Å². The Kier molecular flexibility index (Phi) is 1.67. The van der Waals surface area contributed by atoms with E-state index in [4.69, 9.17) is 10.2 Å². The average Bonchev–Trinajstić information content (AvgIpc) is 2.58. The lowest BCUT2D eigenvalue weighted by Gasteiger charge is -2.18. The van der Waals surface area contributed by atoms with E-state index in [0.29, 0.717) is 11.3 Å². The molecular weight excluding hydrogens is 186 g/mol. The van der Waals surface area contributed by atoms with Crippen LogP contribution in [-0.4, -0.2) is 33.2 Å². The maximum Gasteiger partial charge on any atom is 0.412 e. The second kappa shape index (κ2) is 2.73. The lowest BCUT2D eigenvalue weighted by atomic mass is 10.2. The van der Waals surface area contributed by atoms with Crippen molar-refractivity contribution in [2.24, 2.45) is 0 Å². The minimum absolute atomic E-state index is 0.435. The zero-order valence-electron chi connectivity index (χ0n) is 7.04. The number of nitrogens with zero attached hydrogens (tertiary/aromatic N) is 1. The van der Waals surface area contributed by atoms with Gasteiger partial charge in [-0.25, -0.2) is 9.59 Å². The quantitative estimate of drug-likeness (QED) is 0.646. The van der Waals surface area contributed by atoms with Crippen LogP contribution in [-0.2, 0) is 4.79 Å². The highest BCUT2D eigenvalue weighted by Crippen LogP contribution is 2.31. The van der Waals surface area contributed by atoms with E-state index < -0.39 is 18.1 Å². The van der Waals surface area contributed by atoms with E-state index >= 15 is 0 Å². The van der Waals surface area contributed by atoms with E-state index in [9.17, 15) is 9.59 Å². The molecule has 72 valence electrons. The van der Waals surface area contributed by atoms with Crippen LogP contribution in [0.1, 0.15) is 0 Å². The second-order valence-electron chi connectivity index (χ2n) is 2.97. The molecule has 5 heteroatoms. The largest absolute Gasteiger partial charge is 0.479 e. The second-order valence-corrected chi connectivity index (χ2v) is 2.97. The molecule has 1 aliphatic heterocycles. The topological polar surface area (TPSA) is 77.8 Å². The Morgan fingerprint density at radius 3 is 2.64 bits per heavy atom. The van der Waals surface area contributed by atoms with Crippen LogP contribution in [0.25, 0.3) is 0 Å². The van der Waals surface area contributed by atoms with Crippen LogP contribution in [0.5, 0.6) is 0 Å². The third kappa shape index (κ3) is 1.02. The van der Waals surface area contributed by atoms with E-state index in [2.05, 4.69) is 0 Å². The van der Waals surface area contributed by atoms with Gasteiger partial charge in [0.25, 0.3) is 0 Å². The Hall–Kier alpha value is -2.04. The first-order valence-electron chi connectivity index (χ1n) is 3.97.